The fraction of sp³-hybridized carbons (Fsp3) is 0.217. The summed E-state index contributed by atoms with van der Waals surface area (Å²) in [4.78, 5) is 8.00. The molecule has 2 unspecified atom stereocenters. The van der Waals surface area contributed by atoms with E-state index in [4.69, 9.17) is 0 Å². The Hall–Kier alpha value is -3.56. The van der Waals surface area contributed by atoms with Gasteiger partial charge in [0.2, 0.25) is 0 Å². The van der Waals surface area contributed by atoms with Crippen molar-refractivity contribution in [3.8, 4) is 29.1 Å². The van der Waals surface area contributed by atoms with E-state index in [9.17, 15) is 5.11 Å². The Labute approximate surface area is 167 Å². The standard InChI is InChI=1S/C23H19N5O/c29-22-20(15-7-3-6-13-4-1-2-5-14(13)8-15)27-28-21(22)23-25-18-9-16-11-24-12-17(16)10-19(18)26-23/h1-2,4-5,7,9-10,13-14,24,29H,8,11-12H2,(H,25,26)(H,27,28). The maximum atomic E-state index is 10.9. The molecule has 0 radical (unpaired) electrons. The molecule has 0 spiro atoms. The van der Waals surface area contributed by atoms with Crippen LogP contribution < -0.4 is 5.32 Å². The van der Waals surface area contributed by atoms with Crippen molar-refractivity contribution in [2.75, 3.05) is 0 Å². The second-order valence-electron chi connectivity index (χ2n) is 7.74. The van der Waals surface area contributed by atoms with Gasteiger partial charge in [0.25, 0.3) is 0 Å². The summed E-state index contributed by atoms with van der Waals surface area (Å²) in [6, 6.07) is 4.23. The number of hydrogen-bond acceptors (Lipinski definition) is 4. The minimum absolute atomic E-state index is 0.111. The molecule has 142 valence electrons. The Kier molecular flexibility index (Phi) is 3.52. The highest BCUT2D eigenvalue weighted by Gasteiger charge is 2.25. The van der Waals surface area contributed by atoms with E-state index in [1.54, 1.807) is 0 Å². The number of allylic oxidation sites excluding steroid dienone is 6. The largest absolute Gasteiger partial charge is 0.504 e. The van der Waals surface area contributed by atoms with Crippen LogP contribution in [0.25, 0.3) is 28.1 Å². The molecule has 29 heavy (non-hydrogen) atoms. The Morgan fingerprint density at radius 2 is 1.97 bits per heavy atom. The molecule has 2 atom stereocenters. The van der Waals surface area contributed by atoms with Gasteiger partial charge in [0.15, 0.2) is 11.6 Å². The quantitative estimate of drug-likeness (QED) is 0.512. The molecule has 3 aliphatic rings. The average Bonchev–Trinajstić information content (AvgIpc) is 3.40. The van der Waals surface area contributed by atoms with Gasteiger partial charge < -0.3 is 15.4 Å². The van der Waals surface area contributed by atoms with Crippen LogP contribution >= 0.6 is 0 Å². The van der Waals surface area contributed by atoms with Crippen LogP contribution in [0.5, 0.6) is 5.75 Å². The maximum absolute atomic E-state index is 10.9. The third-order valence-electron chi connectivity index (χ3n) is 5.92. The van der Waals surface area contributed by atoms with Crippen molar-refractivity contribution in [2.24, 2.45) is 11.8 Å². The van der Waals surface area contributed by atoms with Gasteiger partial charge >= 0.3 is 0 Å². The molecule has 6 heteroatoms. The van der Waals surface area contributed by atoms with E-state index >= 15 is 0 Å². The van der Waals surface area contributed by atoms with E-state index in [0.29, 0.717) is 23.1 Å². The topological polar surface area (TPSA) is 89.6 Å². The van der Waals surface area contributed by atoms with Gasteiger partial charge in [-0.1, -0.05) is 36.1 Å². The van der Waals surface area contributed by atoms with E-state index in [-0.39, 0.29) is 11.7 Å². The summed E-state index contributed by atoms with van der Waals surface area (Å²) in [7, 11) is 0. The number of benzene rings is 1. The summed E-state index contributed by atoms with van der Waals surface area (Å²) >= 11 is 0. The zero-order chi connectivity index (χ0) is 19.4. The van der Waals surface area contributed by atoms with Crippen molar-refractivity contribution in [3.63, 3.8) is 0 Å². The fourth-order valence-corrected chi connectivity index (χ4v) is 4.36. The predicted molar refractivity (Wildman–Crippen MR) is 112 cm³/mol. The SMILES string of the molecule is Oc1c(C2=CC#CC3C=CC=CC3C2)n[nH]c1-c1nc2cc3c(cc2[nH]1)CNC3. The molecule has 0 saturated heterocycles. The van der Waals surface area contributed by atoms with Crippen LogP contribution in [0.2, 0.25) is 0 Å². The summed E-state index contributed by atoms with van der Waals surface area (Å²) in [5.74, 6) is 7.60. The lowest BCUT2D eigenvalue weighted by atomic mass is 9.84. The molecule has 3 aromatic rings. The van der Waals surface area contributed by atoms with Gasteiger partial charge in [-0.25, -0.2) is 4.98 Å². The first kappa shape index (κ1) is 16.4. The van der Waals surface area contributed by atoms with Gasteiger partial charge in [0.1, 0.15) is 11.4 Å². The maximum Gasteiger partial charge on any atom is 0.172 e. The van der Waals surface area contributed by atoms with Gasteiger partial charge in [0.05, 0.1) is 11.0 Å². The van der Waals surface area contributed by atoms with Gasteiger partial charge in [-0.3, -0.25) is 5.10 Å². The lowest BCUT2D eigenvalue weighted by Crippen LogP contribution is -2.10. The van der Waals surface area contributed by atoms with E-state index in [1.165, 1.54) is 11.1 Å². The lowest BCUT2D eigenvalue weighted by molar-refractivity contribution is 0.474. The van der Waals surface area contributed by atoms with Crippen molar-refractivity contribution in [1.82, 2.24) is 25.5 Å². The first-order valence-electron chi connectivity index (χ1n) is 9.81. The van der Waals surface area contributed by atoms with Crippen molar-refractivity contribution < 1.29 is 5.11 Å². The third-order valence-corrected chi connectivity index (χ3v) is 5.92. The summed E-state index contributed by atoms with van der Waals surface area (Å²) in [6.45, 7) is 1.74. The molecular formula is C23H19N5O. The number of aromatic amines is 2. The number of nitrogens with zero attached hydrogens (tertiary/aromatic N) is 2. The number of nitrogens with one attached hydrogen (secondary N) is 3. The van der Waals surface area contributed by atoms with Crippen molar-refractivity contribution in [1.29, 1.82) is 0 Å². The van der Waals surface area contributed by atoms with Crippen molar-refractivity contribution in [2.45, 2.75) is 19.5 Å². The molecule has 0 bridgehead atoms. The number of fused-ring (bicyclic) bond motifs is 3. The molecule has 6 nitrogen and oxygen atoms in total. The molecular weight excluding hydrogens is 362 g/mol. The van der Waals surface area contributed by atoms with Crippen LogP contribution in [0, 0.1) is 23.7 Å². The molecule has 6 rings (SSSR count). The minimum Gasteiger partial charge on any atom is -0.504 e. The minimum atomic E-state index is 0.111. The molecule has 2 aliphatic carbocycles. The van der Waals surface area contributed by atoms with Gasteiger partial charge in [0, 0.05) is 19.0 Å². The predicted octanol–water partition coefficient (Wildman–Crippen LogP) is 3.41. The number of imidazole rings is 1. The number of H-pyrrole nitrogens is 2. The summed E-state index contributed by atoms with van der Waals surface area (Å²) in [5, 5.41) is 21.7. The molecule has 1 aliphatic heterocycles. The van der Waals surface area contributed by atoms with Crippen LogP contribution in [0.1, 0.15) is 23.2 Å². The van der Waals surface area contributed by atoms with Crippen LogP contribution in [0.3, 0.4) is 0 Å². The van der Waals surface area contributed by atoms with Crippen LogP contribution in [-0.4, -0.2) is 25.3 Å². The molecule has 1 aromatic carbocycles. The van der Waals surface area contributed by atoms with E-state index in [0.717, 1.165) is 36.1 Å². The summed E-state index contributed by atoms with van der Waals surface area (Å²) in [5.41, 5.74) is 6.39. The highest BCUT2D eigenvalue weighted by atomic mass is 16.3. The van der Waals surface area contributed by atoms with E-state index in [1.807, 2.05) is 12.2 Å². The number of rotatable bonds is 2. The molecule has 2 aromatic heterocycles. The highest BCUT2D eigenvalue weighted by Crippen LogP contribution is 2.38. The first-order valence-corrected chi connectivity index (χ1v) is 9.81. The van der Waals surface area contributed by atoms with Crippen molar-refractivity contribution >= 4 is 16.6 Å². The Bertz CT molecular complexity index is 1250. The highest BCUT2D eigenvalue weighted by molar-refractivity contribution is 5.83. The Balaban J connectivity index is 1.37. The van der Waals surface area contributed by atoms with E-state index in [2.05, 4.69) is 67.7 Å². The van der Waals surface area contributed by atoms with E-state index < -0.39 is 0 Å². The fourth-order valence-electron chi connectivity index (χ4n) is 4.36. The normalized spacial score (nSPS) is 22.0. The smallest absolute Gasteiger partial charge is 0.172 e. The summed E-state index contributed by atoms with van der Waals surface area (Å²) in [6.07, 6.45) is 11.0. The van der Waals surface area contributed by atoms with Crippen LogP contribution in [-0.2, 0) is 13.1 Å². The number of hydrogen-bond donors (Lipinski definition) is 4. The van der Waals surface area contributed by atoms with Gasteiger partial charge in [-0.05, 0) is 47.2 Å². The average molecular weight is 381 g/mol. The monoisotopic (exact) mass is 381 g/mol. The molecule has 0 fully saturated rings. The molecule has 0 amide bonds. The van der Waals surface area contributed by atoms with Gasteiger partial charge in [-0.2, -0.15) is 5.10 Å². The van der Waals surface area contributed by atoms with Crippen molar-refractivity contribution in [3.05, 3.63) is 59.3 Å². The Morgan fingerprint density at radius 1 is 1.10 bits per heavy atom. The number of aromatic nitrogens is 4. The second kappa shape index (κ2) is 6.23. The molecule has 0 saturated carbocycles. The molecule has 3 heterocycles. The van der Waals surface area contributed by atoms with Crippen LogP contribution in [0.15, 0.2) is 42.5 Å². The number of aromatic hydroxyl groups is 1. The first-order chi connectivity index (χ1) is 14.3. The van der Waals surface area contributed by atoms with Gasteiger partial charge in [-0.15, -0.1) is 0 Å². The zero-order valence-corrected chi connectivity index (χ0v) is 15.7. The summed E-state index contributed by atoms with van der Waals surface area (Å²) < 4.78 is 0. The zero-order valence-electron chi connectivity index (χ0n) is 15.7. The molecule has 4 N–H and O–H groups in total. The second-order valence-corrected chi connectivity index (χ2v) is 7.74. The third kappa shape index (κ3) is 2.63. The Morgan fingerprint density at radius 3 is 2.90 bits per heavy atom. The van der Waals surface area contributed by atoms with Crippen LogP contribution in [0.4, 0.5) is 0 Å². The lowest BCUT2D eigenvalue weighted by Gasteiger charge is -2.19.